The van der Waals surface area contributed by atoms with Crippen molar-refractivity contribution in [3.8, 4) is 6.07 Å². The van der Waals surface area contributed by atoms with Crippen molar-refractivity contribution >= 4 is 21.3 Å². The summed E-state index contributed by atoms with van der Waals surface area (Å²) in [7, 11) is -3.82. The number of hydrogen-bond acceptors (Lipinski definition) is 3. The highest BCUT2D eigenvalue weighted by Gasteiger charge is 2.18. The molecule has 1 N–H and O–H groups in total. The maximum absolute atomic E-state index is 13.7. The Balaban J connectivity index is 2.07. The summed E-state index contributed by atoms with van der Waals surface area (Å²) in [6, 6.07) is 19.8. The van der Waals surface area contributed by atoms with Crippen molar-refractivity contribution in [3.05, 3.63) is 101 Å². The highest BCUT2D eigenvalue weighted by molar-refractivity contribution is 7.92. The molecule has 4 nitrogen and oxygen atoms in total. The van der Waals surface area contributed by atoms with Gasteiger partial charge >= 0.3 is 0 Å². The Morgan fingerprint density at radius 1 is 1.03 bits per heavy atom. The molecule has 3 aromatic rings. The topological polar surface area (TPSA) is 70.0 Å². The van der Waals surface area contributed by atoms with Crippen LogP contribution >= 0.6 is 0 Å². The van der Waals surface area contributed by atoms with Crippen molar-refractivity contribution in [3.63, 3.8) is 0 Å². The highest BCUT2D eigenvalue weighted by Crippen LogP contribution is 2.31. The lowest BCUT2D eigenvalue weighted by molar-refractivity contribution is 0.601. The summed E-state index contributed by atoms with van der Waals surface area (Å²) in [4.78, 5) is 0.140. The SMILES string of the molecule is Cc1ccc(S(=O)(=O)Nc2ccccc2/C(=C\C#N)c2ccc(F)c(C)c2)cc1. The molecule has 29 heavy (non-hydrogen) atoms. The second-order valence-electron chi connectivity index (χ2n) is 6.62. The molecule has 0 aliphatic carbocycles. The Bertz CT molecular complexity index is 1220. The van der Waals surface area contributed by atoms with E-state index in [0.717, 1.165) is 5.56 Å². The Morgan fingerprint density at radius 3 is 2.38 bits per heavy atom. The van der Waals surface area contributed by atoms with Gasteiger partial charge < -0.3 is 0 Å². The van der Waals surface area contributed by atoms with Crippen LogP contribution in [0, 0.1) is 31.0 Å². The van der Waals surface area contributed by atoms with Crippen LogP contribution in [0.3, 0.4) is 0 Å². The Labute approximate surface area is 170 Å². The molecule has 0 atom stereocenters. The lowest BCUT2D eigenvalue weighted by atomic mass is 9.95. The molecule has 0 saturated carbocycles. The van der Waals surface area contributed by atoms with Crippen LogP contribution in [0.5, 0.6) is 0 Å². The fraction of sp³-hybridized carbons (Fsp3) is 0.0870. The van der Waals surface area contributed by atoms with Crippen LogP contribution in [0.15, 0.2) is 77.7 Å². The van der Waals surface area contributed by atoms with Gasteiger partial charge in [-0.15, -0.1) is 0 Å². The summed E-state index contributed by atoms with van der Waals surface area (Å²) in [5.74, 6) is -0.349. The summed E-state index contributed by atoms with van der Waals surface area (Å²) in [6.07, 6.45) is 1.33. The molecule has 0 heterocycles. The Hall–Kier alpha value is -3.43. The van der Waals surface area contributed by atoms with Crippen LogP contribution in [-0.4, -0.2) is 8.42 Å². The van der Waals surface area contributed by atoms with E-state index in [1.807, 2.05) is 13.0 Å². The minimum absolute atomic E-state index is 0.140. The molecule has 0 fully saturated rings. The molecule has 0 aromatic heterocycles. The van der Waals surface area contributed by atoms with E-state index in [0.29, 0.717) is 28.0 Å². The predicted octanol–water partition coefficient (Wildman–Crippen LogP) is 5.20. The number of nitrogens with zero attached hydrogens (tertiary/aromatic N) is 1. The fourth-order valence-electron chi connectivity index (χ4n) is 2.92. The zero-order valence-electron chi connectivity index (χ0n) is 16.0. The third-order valence-corrected chi connectivity index (χ3v) is 5.85. The summed E-state index contributed by atoms with van der Waals surface area (Å²) < 4.78 is 42.0. The van der Waals surface area contributed by atoms with Gasteiger partial charge in [-0.2, -0.15) is 5.26 Å². The van der Waals surface area contributed by atoms with E-state index in [4.69, 9.17) is 0 Å². The van der Waals surface area contributed by atoms with Crippen molar-refractivity contribution < 1.29 is 12.8 Å². The largest absolute Gasteiger partial charge is 0.279 e. The molecule has 0 aliphatic rings. The zero-order valence-corrected chi connectivity index (χ0v) is 16.8. The third kappa shape index (κ3) is 4.53. The average molecular weight is 406 g/mol. The van der Waals surface area contributed by atoms with Crippen molar-refractivity contribution in [2.75, 3.05) is 4.72 Å². The molecule has 0 saturated heterocycles. The van der Waals surface area contributed by atoms with Crippen molar-refractivity contribution in [2.45, 2.75) is 18.7 Å². The van der Waals surface area contributed by atoms with Gasteiger partial charge in [0.25, 0.3) is 10.0 Å². The number of sulfonamides is 1. The lowest BCUT2D eigenvalue weighted by Crippen LogP contribution is -2.14. The summed E-state index contributed by atoms with van der Waals surface area (Å²) in [5, 5.41) is 9.27. The van der Waals surface area contributed by atoms with Crippen molar-refractivity contribution in [2.24, 2.45) is 0 Å². The van der Waals surface area contributed by atoms with Gasteiger partial charge in [0, 0.05) is 17.2 Å². The summed E-state index contributed by atoms with van der Waals surface area (Å²) >= 11 is 0. The number of anilines is 1. The van der Waals surface area contributed by atoms with Gasteiger partial charge in [-0.1, -0.05) is 42.0 Å². The number of hydrogen-bond donors (Lipinski definition) is 1. The maximum Gasteiger partial charge on any atom is 0.261 e. The van der Waals surface area contributed by atoms with E-state index in [-0.39, 0.29) is 10.7 Å². The minimum Gasteiger partial charge on any atom is -0.279 e. The number of rotatable bonds is 5. The van der Waals surface area contributed by atoms with Crippen molar-refractivity contribution in [1.82, 2.24) is 0 Å². The average Bonchev–Trinajstić information content (AvgIpc) is 2.69. The molecule has 146 valence electrons. The standard InChI is InChI=1S/C23H19FN2O2S/c1-16-7-10-19(11-8-16)29(27,28)26-23-6-4-3-5-21(23)20(13-14-25)18-9-12-22(24)17(2)15-18/h3-13,15,26H,1-2H3/b20-13-. The molecule has 0 amide bonds. The summed E-state index contributed by atoms with van der Waals surface area (Å²) in [5.41, 5.74) is 3.36. The summed E-state index contributed by atoms with van der Waals surface area (Å²) in [6.45, 7) is 3.51. The second kappa shape index (κ2) is 8.29. The molecule has 3 rings (SSSR count). The fourth-order valence-corrected chi connectivity index (χ4v) is 4.00. The molecule has 0 unspecified atom stereocenters. The van der Waals surface area contributed by atoms with Crippen LogP contribution in [0.4, 0.5) is 10.1 Å². The van der Waals surface area contributed by atoms with Crippen LogP contribution in [0.1, 0.15) is 22.3 Å². The number of nitrogens with one attached hydrogen (secondary N) is 1. The predicted molar refractivity (Wildman–Crippen MR) is 112 cm³/mol. The molecule has 6 heteroatoms. The van der Waals surface area contributed by atoms with E-state index in [2.05, 4.69) is 4.72 Å². The van der Waals surface area contributed by atoms with Gasteiger partial charge in [0.1, 0.15) is 5.82 Å². The lowest BCUT2D eigenvalue weighted by Gasteiger charge is -2.15. The van der Waals surface area contributed by atoms with Gasteiger partial charge in [-0.3, -0.25) is 4.72 Å². The maximum atomic E-state index is 13.7. The zero-order chi connectivity index (χ0) is 21.0. The molecule has 0 radical (unpaired) electrons. The van der Waals surface area contributed by atoms with E-state index in [1.54, 1.807) is 55.5 Å². The highest BCUT2D eigenvalue weighted by atomic mass is 32.2. The number of nitriles is 1. The molecule has 0 bridgehead atoms. The second-order valence-corrected chi connectivity index (χ2v) is 8.30. The normalized spacial score (nSPS) is 11.7. The quantitative estimate of drug-likeness (QED) is 0.592. The van der Waals surface area contributed by atoms with Crippen molar-refractivity contribution in [1.29, 1.82) is 5.26 Å². The smallest absolute Gasteiger partial charge is 0.261 e. The number of para-hydroxylation sites is 1. The first-order valence-electron chi connectivity index (χ1n) is 8.87. The Kier molecular flexibility index (Phi) is 5.81. The van der Waals surface area contributed by atoms with Gasteiger partial charge in [0.05, 0.1) is 16.7 Å². The van der Waals surface area contributed by atoms with E-state index in [1.165, 1.54) is 24.3 Å². The molecule has 0 aliphatic heterocycles. The minimum atomic E-state index is -3.82. The van der Waals surface area contributed by atoms with Crippen LogP contribution in [-0.2, 0) is 10.0 Å². The number of aryl methyl sites for hydroxylation is 2. The molecule has 0 spiro atoms. The number of benzene rings is 3. The monoisotopic (exact) mass is 406 g/mol. The first-order valence-corrected chi connectivity index (χ1v) is 10.4. The van der Waals surface area contributed by atoms with Gasteiger partial charge in [-0.05, 0) is 55.3 Å². The molecular weight excluding hydrogens is 387 g/mol. The van der Waals surface area contributed by atoms with E-state index >= 15 is 0 Å². The third-order valence-electron chi connectivity index (χ3n) is 4.47. The van der Waals surface area contributed by atoms with Gasteiger partial charge in [-0.25, -0.2) is 12.8 Å². The molecule has 3 aromatic carbocycles. The van der Waals surface area contributed by atoms with Crippen LogP contribution in [0.2, 0.25) is 0 Å². The van der Waals surface area contributed by atoms with Crippen LogP contribution in [0.25, 0.3) is 5.57 Å². The van der Waals surface area contributed by atoms with Crippen LogP contribution < -0.4 is 4.72 Å². The van der Waals surface area contributed by atoms with E-state index < -0.39 is 10.0 Å². The van der Waals surface area contributed by atoms with E-state index in [9.17, 15) is 18.1 Å². The number of halogens is 1. The molecular formula is C23H19FN2O2S. The van der Waals surface area contributed by atoms with Gasteiger partial charge in [0.15, 0.2) is 0 Å². The Morgan fingerprint density at radius 2 is 1.72 bits per heavy atom. The first-order chi connectivity index (χ1) is 13.8. The first kappa shape index (κ1) is 20.3. The van der Waals surface area contributed by atoms with Gasteiger partial charge in [0.2, 0.25) is 0 Å². The number of allylic oxidation sites excluding steroid dienone is 1.